The van der Waals surface area contributed by atoms with Crippen molar-refractivity contribution in [3.8, 4) is 6.07 Å². The van der Waals surface area contributed by atoms with Crippen LogP contribution in [0.1, 0.15) is 27.7 Å². The lowest BCUT2D eigenvalue weighted by atomic mass is 10.6. The monoisotopic (exact) mass is 355 g/mol. The molecule has 8 N–H and O–H groups in total. The van der Waals surface area contributed by atoms with E-state index in [1.165, 1.54) is 0 Å². The van der Waals surface area contributed by atoms with E-state index in [9.17, 15) is 0 Å². The molecule has 0 bridgehead atoms. The third kappa shape index (κ3) is 607. The Balaban J connectivity index is -0.0000000642. The third-order valence-corrected chi connectivity index (χ3v) is 0.680. The van der Waals surface area contributed by atoms with E-state index in [2.05, 4.69) is 5.32 Å². The summed E-state index contributed by atoms with van der Waals surface area (Å²) in [5.41, 5.74) is 5.10. The zero-order valence-corrected chi connectivity index (χ0v) is 13.9. The normalized spacial score (nSPS) is 8.38. The molecule has 0 aromatic rings. The van der Waals surface area contributed by atoms with E-state index in [4.69, 9.17) is 55.7 Å². The zero-order valence-electron chi connectivity index (χ0n) is 13.9. The van der Waals surface area contributed by atoms with Crippen LogP contribution < -0.4 is 11.1 Å². The van der Waals surface area contributed by atoms with Crippen LogP contribution in [0.2, 0.25) is 0 Å². The average molecular weight is 355 g/mol. The first-order valence-corrected chi connectivity index (χ1v) is 6.07. The van der Waals surface area contributed by atoms with Crippen molar-refractivity contribution in [3.63, 3.8) is 0 Å². The Morgan fingerprint density at radius 1 is 1.00 bits per heavy atom. The standard InChI is InChI=1S/C4H12N2O.C2HNO2.3C2H4O2/c1-4(7)6-3-2-5;3-1-2(4)5;3*1-2(3)4/h4,6-7H,2-3,5H2,1H3;(H,4,5);3*1H3,(H,3,4). The Hall–Kier alpha value is -2.75. The van der Waals surface area contributed by atoms with Crippen LogP contribution in [-0.4, -0.2) is 68.7 Å². The van der Waals surface area contributed by atoms with Crippen molar-refractivity contribution >= 4 is 23.9 Å². The van der Waals surface area contributed by atoms with Gasteiger partial charge in [-0.15, -0.1) is 0 Å². The minimum atomic E-state index is -1.44. The summed E-state index contributed by atoms with van der Waals surface area (Å²) in [6.07, 6.45) is -0.427. The number of aliphatic hydroxyl groups is 1. The van der Waals surface area contributed by atoms with Crippen LogP contribution in [0.15, 0.2) is 0 Å². The van der Waals surface area contributed by atoms with Gasteiger partial charge in [-0.25, -0.2) is 4.79 Å². The van der Waals surface area contributed by atoms with Crippen LogP contribution in [0, 0.1) is 11.3 Å². The maximum absolute atomic E-state index is 9.01. The Kier molecular flexibility index (Phi) is 39.1. The van der Waals surface area contributed by atoms with Crippen LogP contribution in [-0.2, 0) is 19.2 Å². The van der Waals surface area contributed by atoms with Crippen molar-refractivity contribution < 1.29 is 44.7 Å². The van der Waals surface area contributed by atoms with Crippen molar-refractivity contribution in [2.75, 3.05) is 13.1 Å². The number of carboxylic acid groups (broad SMARTS) is 4. The second kappa shape index (κ2) is 28.4. The van der Waals surface area contributed by atoms with E-state index in [1.54, 1.807) is 6.92 Å². The van der Waals surface area contributed by atoms with Crippen LogP contribution in [0.25, 0.3) is 0 Å². The minimum Gasteiger partial charge on any atom is -0.481 e. The van der Waals surface area contributed by atoms with Gasteiger partial charge in [-0.05, 0) is 6.92 Å². The molecule has 0 fully saturated rings. The van der Waals surface area contributed by atoms with E-state index >= 15 is 0 Å². The SMILES string of the molecule is CC(=O)O.CC(=O)O.CC(=O)O.CC(O)NCCN.N#CC(=O)O. The third-order valence-electron chi connectivity index (χ3n) is 0.680. The van der Waals surface area contributed by atoms with Gasteiger partial charge >= 0.3 is 5.97 Å². The molecular formula is C12H25N3O9. The van der Waals surface area contributed by atoms with Gasteiger partial charge in [0.25, 0.3) is 17.9 Å². The largest absolute Gasteiger partial charge is 0.481 e. The molecule has 0 aliphatic heterocycles. The number of carbonyl (C=O) groups is 4. The van der Waals surface area contributed by atoms with E-state index < -0.39 is 30.1 Å². The molecule has 0 rings (SSSR count). The van der Waals surface area contributed by atoms with Crippen molar-refractivity contribution in [1.29, 1.82) is 5.26 Å². The van der Waals surface area contributed by atoms with Crippen LogP contribution in [0.4, 0.5) is 0 Å². The van der Waals surface area contributed by atoms with Crippen LogP contribution >= 0.6 is 0 Å². The number of rotatable bonds is 3. The maximum Gasteiger partial charge on any atom is 0.408 e. The van der Waals surface area contributed by atoms with Crippen LogP contribution in [0.3, 0.4) is 0 Å². The number of nitriles is 1. The molecule has 1 unspecified atom stereocenters. The second-order valence-corrected chi connectivity index (χ2v) is 3.39. The number of aliphatic carboxylic acids is 4. The molecule has 1 atom stereocenters. The van der Waals surface area contributed by atoms with Gasteiger partial charge in [-0.3, -0.25) is 19.7 Å². The fourth-order valence-electron chi connectivity index (χ4n) is 0.292. The van der Waals surface area contributed by atoms with E-state index in [-0.39, 0.29) is 0 Å². The van der Waals surface area contributed by atoms with Gasteiger partial charge in [0.1, 0.15) is 6.23 Å². The molecular weight excluding hydrogens is 330 g/mol. The fraction of sp³-hybridized carbons (Fsp3) is 0.583. The van der Waals surface area contributed by atoms with E-state index in [0.29, 0.717) is 13.1 Å². The quantitative estimate of drug-likeness (QED) is 0.178. The lowest BCUT2D eigenvalue weighted by Gasteiger charge is -2.02. The van der Waals surface area contributed by atoms with Gasteiger partial charge in [0, 0.05) is 33.9 Å². The van der Waals surface area contributed by atoms with Crippen molar-refractivity contribution in [2.24, 2.45) is 5.73 Å². The highest BCUT2D eigenvalue weighted by Gasteiger charge is 1.87. The van der Waals surface area contributed by atoms with E-state index in [1.807, 2.05) is 0 Å². The lowest BCUT2D eigenvalue weighted by Crippen LogP contribution is -2.30. The second-order valence-electron chi connectivity index (χ2n) is 3.39. The highest BCUT2D eigenvalue weighted by molar-refractivity contribution is 5.83. The van der Waals surface area contributed by atoms with Crippen molar-refractivity contribution in [3.05, 3.63) is 0 Å². The molecule has 12 nitrogen and oxygen atoms in total. The van der Waals surface area contributed by atoms with E-state index in [0.717, 1.165) is 26.8 Å². The molecule has 0 aliphatic carbocycles. The predicted molar refractivity (Wildman–Crippen MR) is 81.9 cm³/mol. The number of hydrogen-bond donors (Lipinski definition) is 7. The Labute approximate surface area is 139 Å². The number of nitrogens with one attached hydrogen (secondary N) is 1. The maximum atomic E-state index is 9.01. The highest BCUT2D eigenvalue weighted by atomic mass is 16.4. The van der Waals surface area contributed by atoms with Gasteiger partial charge in [-0.1, -0.05) is 0 Å². The summed E-state index contributed by atoms with van der Waals surface area (Å²) in [5, 5.41) is 48.1. The van der Waals surface area contributed by atoms with Gasteiger partial charge in [-0.2, -0.15) is 5.26 Å². The van der Waals surface area contributed by atoms with Gasteiger partial charge in [0.05, 0.1) is 0 Å². The Morgan fingerprint density at radius 2 is 1.21 bits per heavy atom. The molecule has 12 heteroatoms. The summed E-state index contributed by atoms with van der Waals surface area (Å²) >= 11 is 0. The zero-order chi connectivity index (χ0) is 20.7. The Morgan fingerprint density at radius 3 is 1.25 bits per heavy atom. The number of aliphatic hydroxyl groups excluding tert-OH is 1. The number of nitrogens with two attached hydrogens (primary N) is 1. The van der Waals surface area contributed by atoms with Gasteiger partial charge in [0.15, 0.2) is 6.07 Å². The topological polar surface area (TPSA) is 231 Å². The smallest absolute Gasteiger partial charge is 0.408 e. The number of hydrogen-bond acceptors (Lipinski definition) is 8. The molecule has 0 saturated heterocycles. The van der Waals surface area contributed by atoms with Crippen molar-refractivity contribution in [1.82, 2.24) is 5.32 Å². The average Bonchev–Trinajstić information content (AvgIpc) is 2.34. The summed E-state index contributed by atoms with van der Waals surface area (Å²) < 4.78 is 0. The van der Waals surface area contributed by atoms with Crippen LogP contribution in [0.5, 0.6) is 0 Å². The predicted octanol–water partition coefficient (Wildman–Crippen LogP) is -1.26. The lowest BCUT2D eigenvalue weighted by molar-refractivity contribution is -0.135. The molecule has 0 spiro atoms. The Bertz CT molecular complexity index is 338. The molecule has 0 aliphatic rings. The molecule has 0 heterocycles. The highest BCUT2D eigenvalue weighted by Crippen LogP contribution is 1.65. The molecule has 0 aromatic heterocycles. The number of nitrogens with zero attached hydrogens (tertiary/aromatic N) is 1. The molecule has 0 aromatic carbocycles. The first kappa shape index (κ1) is 33.0. The molecule has 24 heavy (non-hydrogen) atoms. The summed E-state index contributed by atoms with van der Waals surface area (Å²) in [7, 11) is 0. The van der Waals surface area contributed by atoms with Gasteiger partial charge < -0.3 is 31.3 Å². The summed E-state index contributed by atoms with van der Waals surface area (Å²) in [5.74, 6) is -3.94. The minimum absolute atomic E-state index is 0.427. The summed E-state index contributed by atoms with van der Waals surface area (Å²) in [6.45, 7) is 6.16. The molecule has 0 radical (unpaired) electrons. The molecule has 0 amide bonds. The fourth-order valence-corrected chi connectivity index (χ4v) is 0.292. The number of carboxylic acids is 4. The summed E-state index contributed by atoms with van der Waals surface area (Å²) in [6, 6.07) is 0.944. The molecule has 0 saturated carbocycles. The summed E-state index contributed by atoms with van der Waals surface area (Å²) in [4.78, 5) is 36.0. The first-order valence-electron chi connectivity index (χ1n) is 6.07. The first-order chi connectivity index (χ1) is 10.7. The van der Waals surface area contributed by atoms with Crippen molar-refractivity contribution in [2.45, 2.75) is 33.9 Å². The molecule has 142 valence electrons. The van der Waals surface area contributed by atoms with Gasteiger partial charge in [0.2, 0.25) is 0 Å².